The Morgan fingerprint density at radius 2 is 1.95 bits per heavy atom. The topological polar surface area (TPSA) is 39.7 Å². The quantitative estimate of drug-likeness (QED) is 0.618. The Morgan fingerprint density at radius 1 is 1.19 bits per heavy atom. The van der Waals surface area contributed by atoms with Gasteiger partial charge in [-0.2, -0.15) is 0 Å². The summed E-state index contributed by atoms with van der Waals surface area (Å²) in [6.07, 6.45) is 2.61. The Balaban J connectivity index is 1.79. The van der Waals surface area contributed by atoms with Crippen molar-refractivity contribution in [3.8, 4) is 0 Å². The number of hydrogen-bond donors (Lipinski definition) is 1. The third kappa shape index (κ3) is 6.45. The third-order valence-electron chi connectivity index (χ3n) is 3.40. The van der Waals surface area contributed by atoms with Gasteiger partial charge in [0.05, 0.1) is 32.5 Å². The van der Waals surface area contributed by atoms with Crippen LogP contribution in [-0.2, 0) is 14.2 Å². The first-order valence-corrected chi connectivity index (χ1v) is 8.26. The van der Waals surface area contributed by atoms with E-state index in [9.17, 15) is 0 Å². The first kappa shape index (κ1) is 16.9. The molecule has 0 radical (unpaired) electrons. The van der Waals surface area contributed by atoms with E-state index in [1.807, 2.05) is 12.1 Å². The number of hydrogen-bond acceptors (Lipinski definition) is 4. The van der Waals surface area contributed by atoms with E-state index in [4.69, 9.17) is 14.2 Å². The normalized spacial score (nSPS) is 16.1. The molecule has 4 nitrogen and oxygen atoms in total. The summed E-state index contributed by atoms with van der Waals surface area (Å²) in [6.45, 7) is 3.25. The van der Waals surface area contributed by atoms with Crippen LogP contribution in [0.5, 0.6) is 0 Å². The maximum Gasteiger partial charge on any atom is 0.0961 e. The van der Waals surface area contributed by atoms with Crippen LogP contribution in [0.4, 0.5) is 0 Å². The summed E-state index contributed by atoms with van der Waals surface area (Å²) < 4.78 is 17.5. The van der Waals surface area contributed by atoms with Crippen molar-refractivity contribution >= 4 is 15.9 Å². The Hall–Kier alpha value is -0.460. The van der Waals surface area contributed by atoms with Gasteiger partial charge in [0.2, 0.25) is 0 Å². The summed E-state index contributed by atoms with van der Waals surface area (Å²) in [4.78, 5) is 0. The Labute approximate surface area is 135 Å². The summed E-state index contributed by atoms with van der Waals surface area (Å²) >= 11 is 3.61. The van der Waals surface area contributed by atoms with E-state index in [1.165, 1.54) is 18.4 Å². The highest BCUT2D eigenvalue weighted by molar-refractivity contribution is 9.10. The van der Waals surface area contributed by atoms with Crippen LogP contribution in [0, 0.1) is 0 Å². The summed E-state index contributed by atoms with van der Waals surface area (Å²) in [7, 11) is 1.67. The van der Waals surface area contributed by atoms with Gasteiger partial charge >= 0.3 is 0 Å². The Kier molecular flexibility index (Phi) is 7.68. The lowest BCUT2D eigenvalue weighted by Crippen LogP contribution is -2.26. The molecule has 21 heavy (non-hydrogen) atoms. The summed E-state index contributed by atoms with van der Waals surface area (Å²) in [6, 6.07) is 8.90. The van der Waals surface area contributed by atoms with Crippen molar-refractivity contribution < 1.29 is 14.2 Å². The zero-order chi connectivity index (χ0) is 14.9. The lowest BCUT2D eigenvalue weighted by atomic mass is 10.1. The highest BCUT2D eigenvalue weighted by Crippen LogP contribution is 2.27. The molecule has 0 bridgehead atoms. The largest absolute Gasteiger partial charge is 0.382 e. The van der Waals surface area contributed by atoms with Gasteiger partial charge in [-0.05, 0) is 24.5 Å². The number of benzene rings is 1. The third-order valence-corrected chi connectivity index (χ3v) is 4.12. The molecule has 1 unspecified atom stereocenters. The number of methoxy groups -OCH3 is 1. The fraction of sp³-hybridized carbons (Fsp3) is 0.625. The summed E-state index contributed by atoms with van der Waals surface area (Å²) in [5, 5.41) is 3.54. The molecule has 0 amide bonds. The molecule has 1 aliphatic carbocycles. The van der Waals surface area contributed by atoms with E-state index in [2.05, 4.69) is 33.4 Å². The van der Waals surface area contributed by atoms with Gasteiger partial charge < -0.3 is 19.5 Å². The Bertz CT molecular complexity index is 412. The van der Waals surface area contributed by atoms with Gasteiger partial charge in [-0.1, -0.05) is 34.1 Å². The van der Waals surface area contributed by atoms with Gasteiger partial charge in [-0.25, -0.2) is 0 Å². The maximum atomic E-state index is 6.01. The molecular formula is C16H24BrNO3. The van der Waals surface area contributed by atoms with Crippen LogP contribution in [-0.4, -0.2) is 46.1 Å². The summed E-state index contributed by atoms with van der Waals surface area (Å²) in [5.41, 5.74) is 1.18. The van der Waals surface area contributed by atoms with Crippen molar-refractivity contribution in [2.24, 2.45) is 0 Å². The van der Waals surface area contributed by atoms with E-state index < -0.39 is 0 Å². The first-order chi connectivity index (χ1) is 10.3. The molecule has 1 aromatic carbocycles. The van der Waals surface area contributed by atoms with E-state index in [1.54, 1.807) is 7.11 Å². The molecule has 0 saturated heterocycles. The van der Waals surface area contributed by atoms with E-state index >= 15 is 0 Å². The van der Waals surface area contributed by atoms with Gasteiger partial charge in [0.1, 0.15) is 0 Å². The van der Waals surface area contributed by atoms with E-state index in [0.29, 0.717) is 32.5 Å². The molecule has 1 saturated carbocycles. The van der Waals surface area contributed by atoms with Crippen molar-refractivity contribution in [1.82, 2.24) is 5.32 Å². The maximum absolute atomic E-state index is 6.01. The lowest BCUT2D eigenvalue weighted by molar-refractivity contribution is -0.00719. The van der Waals surface area contributed by atoms with Crippen LogP contribution in [0.2, 0.25) is 0 Å². The molecule has 0 spiro atoms. The minimum absolute atomic E-state index is 0.0483. The first-order valence-electron chi connectivity index (χ1n) is 7.47. The van der Waals surface area contributed by atoms with Crippen LogP contribution >= 0.6 is 15.9 Å². The molecule has 0 aliphatic heterocycles. The van der Waals surface area contributed by atoms with Gasteiger partial charge in [0, 0.05) is 24.2 Å². The highest BCUT2D eigenvalue weighted by Gasteiger charge is 2.23. The van der Waals surface area contributed by atoms with Gasteiger partial charge in [0.25, 0.3) is 0 Å². The number of rotatable bonds is 11. The van der Waals surface area contributed by atoms with Crippen molar-refractivity contribution in [1.29, 1.82) is 0 Å². The minimum atomic E-state index is 0.0483. The molecule has 0 aromatic heterocycles. The number of nitrogens with one attached hydrogen (secondary N) is 1. The molecule has 1 N–H and O–H groups in total. The highest BCUT2D eigenvalue weighted by atomic mass is 79.9. The summed E-state index contributed by atoms with van der Waals surface area (Å²) in [5.74, 6) is 0. The smallest absolute Gasteiger partial charge is 0.0961 e. The van der Waals surface area contributed by atoms with Crippen molar-refractivity contribution in [3.63, 3.8) is 0 Å². The van der Waals surface area contributed by atoms with Gasteiger partial charge in [-0.15, -0.1) is 0 Å². The van der Waals surface area contributed by atoms with Crippen molar-refractivity contribution in [3.05, 3.63) is 34.3 Å². The van der Waals surface area contributed by atoms with E-state index in [-0.39, 0.29) is 6.10 Å². The van der Waals surface area contributed by atoms with E-state index in [0.717, 1.165) is 11.0 Å². The second-order valence-corrected chi connectivity index (χ2v) is 6.02. The molecule has 1 aromatic rings. The minimum Gasteiger partial charge on any atom is -0.382 e. The monoisotopic (exact) mass is 357 g/mol. The van der Waals surface area contributed by atoms with Crippen LogP contribution in [0.3, 0.4) is 0 Å². The zero-order valence-electron chi connectivity index (χ0n) is 12.5. The average Bonchev–Trinajstić information content (AvgIpc) is 3.31. The molecule has 1 atom stereocenters. The number of ether oxygens (including phenoxy) is 3. The van der Waals surface area contributed by atoms with Crippen molar-refractivity contribution in [2.45, 2.75) is 25.0 Å². The SMILES string of the molecule is COCCOCCOC(CNC1CC1)c1ccccc1Br. The molecule has 1 aliphatic rings. The van der Waals surface area contributed by atoms with Gasteiger partial charge in [0.15, 0.2) is 0 Å². The fourth-order valence-corrected chi connectivity index (χ4v) is 2.59. The van der Waals surface area contributed by atoms with Crippen LogP contribution < -0.4 is 5.32 Å². The molecular weight excluding hydrogens is 334 g/mol. The van der Waals surface area contributed by atoms with Gasteiger partial charge in [-0.3, -0.25) is 0 Å². The molecule has 2 rings (SSSR count). The second kappa shape index (κ2) is 9.54. The fourth-order valence-electron chi connectivity index (χ4n) is 2.05. The Morgan fingerprint density at radius 3 is 2.67 bits per heavy atom. The predicted octanol–water partition coefficient (Wildman–Crippen LogP) is 2.92. The molecule has 1 fully saturated rings. The molecule has 5 heteroatoms. The average molecular weight is 358 g/mol. The standard InChI is InChI=1S/C16H24BrNO3/c1-19-8-9-20-10-11-21-16(12-18-13-6-7-13)14-4-2-3-5-15(14)17/h2-5,13,16,18H,6-12H2,1H3. The van der Waals surface area contributed by atoms with Crippen LogP contribution in [0.1, 0.15) is 24.5 Å². The number of halogens is 1. The second-order valence-electron chi connectivity index (χ2n) is 5.17. The molecule has 118 valence electrons. The van der Waals surface area contributed by atoms with Crippen LogP contribution in [0.15, 0.2) is 28.7 Å². The van der Waals surface area contributed by atoms with Crippen molar-refractivity contribution in [2.75, 3.05) is 40.1 Å². The zero-order valence-corrected chi connectivity index (χ0v) is 14.1. The predicted molar refractivity (Wildman–Crippen MR) is 86.6 cm³/mol. The van der Waals surface area contributed by atoms with Crippen LogP contribution in [0.25, 0.3) is 0 Å². The lowest BCUT2D eigenvalue weighted by Gasteiger charge is -2.20. The molecule has 0 heterocycles.